The Bertz CT molecular complexity index is 1160. The molecule has 8 heteroatoms. The van der Waals surface area contributed by atoms with E-state index >= 15 is 0 Å². The molecular formula is C24H26Cl2N4O2. The molecule has 1 aliphatic rings. The smallest absolute Gasteiger partial charge is 0.317 e. The first-order valence-corrected chi connectivity index (χ1v) is 11.3. The van der Waals surface area contributed by atoms with Gasteiger partial charge in [-0.2, -0.15) is 0 Å². The number of H-pyrrole nitrogens is 1. The largest absolute Gasteiger partial charge is 0.361 e. The molecule has 168 valence electrons. The highest BCUT2D eigenvalue weighted by Gasteiger charge is 2.41. The van der Waals surface area contributed by atoms with Crippen LogP contribution in [0, 0.1) is 5.41 Å². The Labute approximate surface area is 197 Å². The fraction of sp³-hybridized carbons (Fsp3) is 0.333. The number of fused-ring (bicyclic) bond motifs is 1. The molecule has 0 bridgehead atoms. The molecule has 3 amide bonds. The fourth-order valence-electron chi connectivity index (χ4n) is 4.48. The van der Waals surface area contributed by atoms with Crippen LogP contribution in [-0.2, 0) is 4.79 Å². The van der Waals surface area contributed by atoms with Gasteiger partial charge in [0.05, 0.1) is 5.41 Å². The summed E-state index contributed by atoms with van der Waals surface area (Å²) in [5, 5.41) is 7.95. The van der Waals surface area contributed by atoms with Crippen LogP contribution in [0.5, 0.6) is 0 Å². The van der Waals surface area contributed by atoms with Gasteiger partial charge < -0.3 is 20.5 Å². The number of benzene rings is 2. The number of amides is 3. The lowest BCUT2D eigenvalue weighted by atomic mass is 9.89. The molecule has 2 heterocycles. The third-order valence-electron chi connectivity index (χ3n) is 6.33. The van der Waals surface area contributed by atoms with Gasteiger partial charge in [-0.25, -0.2) is 4.79 Å². The Morgan fingerprint density at radius 1 is 1.19 bits per heavy atom. The van der Waals surface area contributed by atoms with E-state index in [1.807, 2.05) is 43.5 Å². The quantitative estimate of drug-likeness (QED) is 0.499. The minimum Gasteiger partial charge on any atom is -0.361 e. The average Bonchev–Trinajstić information content (AvgIpc) is 3.39. The topological polar surface area (TPSA) is 77.2 Å². The monoisotopic (exact) mass is 472 g/mol. The van der Waals surface area contributed by atoms with E-state index in [0.717, 1.165) is 22.0 Å². The van der Waals surface area contributed by atoms with Gasteiger partial charge in [0.15, 0.2) is 0 Å². The molecule has 1 fully saturated rings. The molecule has 0 radical (unpaired) electrons. The molecule has 2 atom stereocenters. The van der Waals surface area contributed by atoms with Crippen molar-refractivity contribution in [2.45, 2.75) is 19.3 Å². The van der Waals surface area contributed by atoms with Crippen molar-refractivity contribution in [3.63, 3.8) is 0 Å². The molecule has 1 saturated heterocycles. The lowest BCUT2D eigenvalue weighted by Crippen LogP contribution is -2.44. The fourth-order valence-corrected chi connectivity index (χ4v) is 5.02. The molecule has 2 aromatic carbocycles. The second-order valence-corrected chi connectivity index (χ2v) is 9.35. The van der Waals surface area contributed by atoms with Crippen LogP contribution in [0.15, 0.2) is 48.7 Å². The SMILES string of the molecule is CNC(=O)C1(C)CCN(C(=O)NCC(c2ccc(Cl)cc2Cl)c2c[nH]c3ccccc23)C1. The Morgan fingerprint density at radius 3 is 2.72 bits per heavy atom. The third-order valence-corrected chi connectivity index (χ3v) is 6.89. The Hall–Kier alpha value is -2.70. The van der Waals surface area contributed by atoms with Crippen LogP contribution >= 0.6 is 23.2 Å². The highest BCUT2D eigenvalue weighted by atomic mass is 35.5. The molecule has 0 spiro atoms. The summed E-state index contributed by atoms with van der Waals surface area (Å²) >= 11 is 12.7. The number of hydrogen-bond acceptors (Lipinski definition) is 2. The van der Waals surface area contributed by atoms with Crippen LogP contribution in [0.3, 0.4) is 0 Å². The van der Waals surface area contributed by atoms with Crippen LogP contribution in [0.2, 0.25) is 10.0 Å². The van der Waals surface area contributed by atoms with Gasteiger partial charge in [0.25, 0.3) is 0 Å². The van der Waals surface area contributed by atoms with Gasteiger partial charge in [0, 0.05) is 59.7 Å². The molecule has 6 nitrogen and oxygen atoms in total. The van der Waals surface area contributed by atoms with Gasteiger partial charge >= 0.3 is 6.03 Å². The van der Waals surface area contributed by atoms with Crippen molar-refractivity contribution in [2.75, 3.05) is 26.7 Å². The molecular weight excluding hydrogens is 447 g/mol. The first-order valence-electron chi connectivity index (χ1n) is 10.6. The average molecular weight is 473 g/mol. The number of carbonyl (C=O) groups excluding carboxylic acids is 2. The number of nitrogens with zero attached hydrogens (tertiary/aromatic N) is 1. The van der Waals surface area contributed by atoms with Gasteiger partial charge in [-0.3, -0.25) is 4.79 Å². The molecule has 3 aromatic rings. The molecule has 0 aliphatic carbocycles. The van der Waals surface area contributed by atoms with Crippen LogP contribution in [0.25, 0.3) is 10.9 Å². The number of halogens is 2. The normalized spacial score (nSPS) is 19.2. The molecule has 1 aromatic heterocycles. The Morgan fingerprint density at radius 2 is 1.97 bits per heavy atom. The van der Waals surface area contributed by atoms with Gasteiger partial charge in [0.1, 0.15) is 0 Å². The lowest BCUT2D eigenvalue weighted by Gasteiger charge is -2.24. The van der Waals surface area contributed by atoms with Gasteiger partial charge in [-0.05, 0) is 42.7 Å². The van der Waals surface area contributed by atoms with E-state index in [0.29, 0.717) is 36.1 Å². The van der Waals surface area contributed by atoms with E-state index < -0.39 is 5.41 Å². The maximum absolute atomic E-state index is 13.0. The number of hydrogen-bond donors (Lipinski definition) is 3. The van der Waals surface area contributed by atoms with Crippen molar-refractivity contribution in [3.8, 4) is 0 Å². The number of urea groups is 1. The number of aromatic nitrogens is 1. The Kier molecular flexibility index (Phi) is 6.35. The van der Waals surface area contributed by atoms with Gasteiger partial charge in [-0.1, -0.05) is 47.5 Å². The number of likely N-dealkylation sites (tertiary alicyclic amines) is 1. The van der Waals surface area contributed by atoms with Gasteiger partial charge in [0.2, 0.25) is 5.91 Å². The van der Waals surface area contributed by atoms with E-state index in [1.165, 1.54) is 0 Å². The predicted molar refractivity (Wildman–Crippen MR) is 128 cm³/mol. The summed E-state index contributed by atoms with van der Waals surface area (Å²) in [5.74, 6) is -0.217. The summed E-state index contributed by atoms with van der Waals surface area (Å²) in [4.78, 5) is 30.2. The van der Waals surface area contributed by atoms with E-state index in [-0.39, 0.29) is 17.9 Å². The molecule has 0 saturated carbocycles. The second-order valence-electron chi connectivity index (χ2n) is 8.51. The highest BCUT2D eigenvalue weighted by molar-refractivity contribution is 6.35. The summed E-state index contributed by atoms with van der Waals surface area (Å²) < 4.78 is 0. The number of aromatic amines is 1. The van der Waals surface area contributed by atoms with Crippen LogP contribution in [0.4, 0.5) is 4.79 Å². The highest BCUT2D eigenvalue weighted by Crippen LogP contribution is 2.36. The third kappa shape index (κ3) is 4.30. The first kappa shape index (κ1) is 22.5. The maximum Gasteiger partial charge on any atom is 0.317 e. The van der Waals surface area contributed by atoms with E-state index in [4.69, 9.17) is 23.2 Å². The number of para-hydroxylation sites is 1. The Balaban J connectivity index is 1.58. The van der Waals surface area contributed by atoms with Crippen molar-refractivity contribution in [2.24, 2.45) is 5.41 Å². The van der Waals surface area contributed by atoms with E-state index in [2.05, 4.69) is 21.7 Å². The van der Waals surface area contributed by atoms with Crippen molar-refractivity contribution >= 4 is 46.0 Å². The number of carbonyl (C=O) groups is 2. The summed E-state index contributed by atoms with van der Waals surface area (Å²) in [6.45, 7) is 3.17. The lowest BCUT2D eigenvalue weighted by molar-refractivity contribution is -0.128. The van der Waals surface area contributed by atoms with Crippen LogP contribution < -0.4 is 10.6 Å². The molecule has 3 N–H and O–H groups in total. The first-order chi connectivity index (χ1) is 15.3. The van der Waals surface area contributed by atoms with Crippen LogP contribution in [-0.4, -0.2) is 48.5 Å². The summed E-state index contributed by atoms with van der Waals surface area (Å²) in [6, 6.07) is 13.3. The molecule has 4 rings (SSSR count). The minimum atomic E-state index is -0.568. The zero-order chi connectivity index (χ0) is 22.9. The predicted octanol–water partition coefficient (Wildman–Crippen LogP) is 4.77. The molecule has 1 aliphatic heterocycles. The zero-order valence-electron chi connectivity index (χ0n) is 18.0. The van der Waals surface area contributed by atoms with Crippen molar-refractivity contribution in [1.29, 1.82) is 0 Å². The summed E-state index contributed by atoms with van der Waals surface area (Å²) in [6.07, 6.45) is 2.60. The molecule has 2 unspecified atom stereocenters. The number of rotatable bonds is 5. The zero-order valence-corrected chi connectivity index (χ0v) is 19.6. The second kappa shape index (κ2) is 9.04. The van der Waals surface area contributed by atoms with Crippen LogP contribution in [0.1, 0.15) is 30.4 Å². The van der Waals surface area contributed by atoms with E-state index in [1.54, 1.807) is 18.0 Å². The number of nitrogens with one attached hydrogen (secondary N) is 3. The maximum atomic E-state index is 13.0. The summed E-state index contributed by atoms with van der Waals surface area (Å²) in [5.41, 5.74) is 2.38. The van der Waals surface area contributed by atoms with E-state index in [9.17, 15) is 9.59 Å². The summed E-state index contributed by atoms with van der Waals surface area (Å²) in [7, 11) is 1.62. The van der Waals surface area contributed by atoms with Crippen molar-refractivity contribution < 1.29 is 9.59 Å². The minimum absolute atomic E-state index is 0.0441. The standard InChI is InChI=1S/C24H26Cl2N4O2/c1-24(22(31)27-2)9-10-30(14-24)23(32)29-13-18(16-8-7-15(25)11-20(16)26)19-12-28-21-6-4-3-5-17(19)21/h3-8,11-12,18,28H,9-10,13-14H2,1-2H3,(H,27,31)(H,29,32). The van der Waals surface area contributed by atoms with Crippen molar-refractivity contribution in [1.82, 2.24) is 20.5 Å². The van der Waals surface area contributed by atoms with Crippen molar-refractivity contribution in [3.05, 3.63) is 69.8 Å². The molecule has 32 heavy (non-hydrogen) atoms. The van der Waals surface area contributed by atoms with Gasteiger partial charge in [-0.15, -0.1) is 0 Å².